The molecule has 0 atom stereocenters. The lowest BCUT2D eigenvalue weighted by atomic mass is 10.1. The van der Waals surface area contributed by atoms with Gasteiger partial charge in [-0.3, -0.25) is 9.59 Å². The van der Waals surface area contributed by atoms with E-state index >= 15 is 0 Å². The predicted molar refractivity (Wildman–Crippen MR) is 101 cm³/mol. The summed E-state index contributed by atoms with van der Waals surface area (Å²) in [5.74, 6) is 0.323. The van der Waals surface area contributed by atoms with Crippen molar-refractivity contribution in [2.45, 2.75) is 6.42 Å². The highest BCUT2D eigenvalue weighted by atomic mass is 35.5. The van der Waals surface area contributed by atoms with E-state index in [1.54, 1.807) is 12.0 Å². The number of anilines is 1. The van der Waals surface area contributed by atoms with Crippen LogP contribution < -0.4 is 24.8 Å². The average Bonchev–Trinajstić information content (AvgIpc) is 3.08. The van der Waals surface area contributed by atoms with Crippen molar-refractivity contribution in [2.24, 2.45) is 5.73 Å². The maximum absolute atomic E-state index is 13.0. The fraction of sp³-hybridized carbons (Fsp3) is 0.263. The Kier molecular flexibility index (Phi) is 5.41. The van der Waals surface area contributed by atoms with Gasteiger partial charge in [0.2, 0.25) is 0 Å². The number of methoxy groups -OCH3 is 2. The summed E-state index contributed by atoms with van der Waals surface area (Å²) < 4.78 is 15.8. The largest absolute Gasteiger partial charge is 0.497 e. The van der Waals surface area contributed by atoms with E-state index in [0.717, 1.165) is 23.4 Å². The molecule has 3 rings (SSSR count). The third-order valence-corrected chi connectivity index (χ3v) is 4.54. The van der Waals surface area contributed by atoms with Crippen molar-refractivity contribution in [2.75, 3.05) is 32.3 Å². The molecule has 7 nitrogen and oxygen atoms in total. The summed E-state index contributed by atoms with van der Waals surface area (Å²) in [5, 5.41) is 0.160. The van der Waals surface area contributed by atoms with Crippen LogP contribution in [0.15, 0.2) is 30.3 Å². The molecule has 1 heterocycles. The highest BCUT2D eigenvalue weighted by molar-refractivity contribution is 6.33. The van der Waals surface area contributed by atoms with Crippen molar-refractivity contribution < 1.29 is 23.8 Å². The fourth-order valence-corrected chi connectivity index (χ4v) is 3.26. The van der Waals surface area contributed by atoms with Gasteiger partial charge < -0.3 is 24.8 Å². The molecule has 1 aliphatic rings. The second-order valence-corrected chi connectivity index (χ2v) is 6.35. The van der Waals surface area contributed by atoms with Crippen LogP contribution in [0.3, 0.4) is 0 Å². The predicted octanol–water partition coefficient (Wildman–Crippen LogP) is 2.42. The summed E-state index contributed by atoms with van der Waals surface area (Å²) in [7, 11) is 3.03. The van der Waals surface area contributed by atoms with E-state index in [0.29, 0.717) is 12.1 Å². The van der Waals surface area contributed by atoms with Gasteiger partial charge in [0.1, 0.15) is 5.75 Å². The van der Waals surface area contributed by atoms with Gasteiger partial charge in [-0.2, -0.15) is 0 Å². The maximum atomic E-state index is 13.0. The highest BCUT2D eigenvalue weighted by Crippen LogP contribution is 2.38. The lowest BCUT2D eigenvalue weighted by Crippen LogP contribution is -2.29. The molecule has 2 N–H and O–H groups in total. The Morgan fingerprint density at radius 2 is 1.96 bits per heavy atom. The van der Waals surface area contributed by atoms with Crippen LogP contribution in [-0.2, 0) is 11.2 Å². The molecule has 0 aromatic heterocycles. The van der Waals surface area contributed by atoms with Gasteiger partial charge in [-0.1, -0.05) is 11.6 Å². The number of halogens is 1. The smallest absolute Gasteiger partial charge is 0.258 e. The van der Waals surface area contributed by atoms with Gasteiger partial charge in [0, 0.05) is 17.8 Å². The second-order valence-electron chi connectivity index (χ2n) is 5.95. The number of primary amides is 1. The van der Waals surface area contributed by atoms with Gasteiger partial charge in [-0.15, -0.1) is 0 Å². The Morgan fingerprint density at radius 1 is 1.19 bits per heavy atom. The molecule has 8 heteroatoms. The Labute approximate surface area is 161 Å². The van der Waals surface area contributed by atoms with Crippen LogP contribution in [0, 0.1) is 0 Å². The van der Waals surface area contributed by atoms with Gasteiger partial charge >= 0.3 is 0 Å². The summed E-state index contributed by atoms with van der Waals surface area (Å²) in [5.41, 5.74) is 7.33. The first kappa shape index (κ1) is 18.8. The molecular formula is C19H19ClN2O5. The van der Waals surface area contributed by atoms with Gasteiger partial charge in [-0.05, 0) is 42.3 Å². The number of carbonyl (C=O) groups is 2. The summed E-state index contributed by atoms with van der Waals surface area (Å²) in [4.78, 5) is 25.7. The van der Waals surface area contributed by atoms with Crippen LogP contribution in [0.25, 0.3) is 0 Å². The molecule has 0 saturated carbocycles. The van der Waals surface area contributed by atoms with Crippen LogP contribution >= 0.6 is 11.6 Å². The first-order valence-electron chi connectivity index (χ1n) is 8.22. The zero-order chi connectivity index (χ0) is 19.6. The van der Waals surface area contributed by atoms with Crippen LogP contribution in [0.1, 0.15) is 15.9 Å². The SMILES string of the molecule is COc1ccc2c(c1)CCN2C(=O)c1cc(Cl)c(OCC(N)=O)c(OC)c1. The summed E-state index contributed by atoms with van der Waals surface area (Å²) in [6.45, 7) is 0.214. The Morgan fingerprint density at radius 3 is 2.63 bits per heavy atom. The van der Waals surface area contributed by atoms with Crippen molar-refractivity contribution >= 4 is 29.1 Å². The van der Waals surface area contributed by atoms with Crippen molar-refractivity contribution in [3.8, 4) is 17.2 Å². The zero-order valence-electron chi connectivity index (χ0n) is 15.0. The first-order valence-corrected chi connectivity index (χ1v) is 8.59. The number of hydrogen-bond acceptors (Lipinski definition) is 5. The number of nitrogens with zero attached hydrogens (tertiary/aromatic N) is 1. The van der Waals surface area contributed by atoms with Gasteiger partial charge in [0.15, 0.2) is 18.1 Å². The maximum Gasteiger partial charge on any atom is 0.258 e. The molecule has 0 bridgehead atoms. The molecule has 27 heavy (non-hydrogen) atoms. The molecular weight excluding hydrogens is 372 g/mol. The fourth-order valence-electron chi connectivity index (χ4n) is 3.00. The number of ether oxygens (including phenoxy) is 3. The molecule has 0 saturated heterocycles. The summed E-state index contributed by atoms with van der Waals surface area (Å²) in [6, 6.07) is 8.63. The Balaban J connectivity index is 1.90. The number of amides is 2. The first-order chi connectivity index (χ1) is 12.9. The van der Waals surface area contributed by atoms with E-state index in [-0.39, 0.29) is 29.0 Å². The molecule has 1 aliphatic heterocycles. The third-order valence-electron chi connectivity index (χ3n) is 4.26. The Bertz CT molecular complexity index is 900. The quantitative estimate of drug-likeness (QED) is 0.817. The Hall–Kier alpha value is -2.93. The third kappa shape index (κ3) is 3.78. The second kappa shape index (κ2) is 7.75. The van der Waals surface area contributed by atoms with Crippen LogP contribution in [0.4, 0.5) is 5.69 Å². The molecule has 0 aliphatic carbocycles. The van der Waals surface area contributed by atoms with Crippen LogP contribution in [0.5, 0.6) is 17.2 Å². The molecule has 0 unspecified atom stereocenters. The summed E-state index contributed by atoms with van der Waals surface area (Å²) >= 11 is 6.24. The molecule has 2 aromatic carbocycles. The van der Waals surface area contributed by atoms with E-state index in [2.05, 4.69) is 0 Å². The molecule has 142 valence electrons. The lowest BCUT2D eigenvalue weighted by Gasteiger charge is -2.19. The molecule has 0 spiro atoms. The monoisotopic (exact) mass is 390 g/mol. The minimum atomic E-state index is -0.641. The topological polar surface area (TPSA) is 91.1 Å². The van der Waals surface area contributed by atoms with Crippen molar-refractivity contribution in [3.63, 3.8) is 0 Å². The van der Waals surface area contributed by atoms with Gasteiger partial charge in [0.25, 0.3) is 11.8 Å². The van der Waals surface area contributed by atoms with Crippen molar-refractivity contribution in [3.05, 3.63) is 46.5 Å². The number of rotatable bonds is 6. The van der Waals surface area contributed by atoms with Crippen LogP contribution in [-0.4, -0.2) is 39.2 Å². The normalized spacial score (nSPS) is 12.5. The number of benzene rings is 2. The number of hydrogen-bond donors (Lipinski definition) is 1. The zero-order valence-corrected chi connectivity index (χ0v) is 15.7. The van der Waals surface area contributed by atoms with E-state index in [4.69, 9.17) is 31.5 Å². The van der Waals surface area contributed by atoms with Gasteiger partial charge in [0.05, 0.1) is 19.2 Å². The van der Waals surface area contributed by atoms with Crippen LogP contribution in [0.2, 0.25) is 5.02 Å². The average molecular weight is 391 g/mol. The summed E-state index contributed by atoms with van der Waals surface area (Å²) in [6.07, 6.45) is 0.739. The van der Waals surface area contributed by atoms with E-state index in [9.17, 15) is 9.59 Å². The molecule has 0 fully saturated rings. The molecule has 0 radical (unpaired) electrons. The molecule has 2 aromatic rings. The highest BCUT2D eigenvalue weighted by Gasteiger charge is 2.27. The minimum Gasteiger partial charge on any atom is -0.497 e. The van der Waals surface area contributed by atoms with E-state index in [1.807, 2.05) is 18.2 Å². The minimum absolute atomic E-state index is 0.160. The van der Waals surface area contributed by atoms with E-state index in [1.165, 1.54) is 19.2 Å². The number of nitrogens with two attached hydrogens (primary N) is 1. The lowest BCUT2D eigenvalue weighted by molar-refractivity contribution is -0.119. The van der Waals surface area contributed by atoms with Gasteiger partial charge in [-0.25, -0.2) is 0 Å². The molecule has 2 amide bonds. The van der Waals surface area contributed by atoms with Crippen molar-refractivity contribution in [1.29, 1.82) is 0 Å². The van der Waals surface area contributed by atoms with Crippen molar-refractivity contribution in [1.82, 2.24) is 0 Å². The standard InChI is InChI=1S/C19H19ClN2O5/c1-25-13-3-4-15-11(7-13)5-6-22(15)19(24)12-8-14(20)18(16(9-12)26-2)27-10-17(21)23/h3-4,7-9H,5-6,10H2,1-2H3,(H2,21,23). The number of fused-ring (bicyclic) bond motifs is 1. The van der Waals surface area contributed by atoms with E-state index < -0.39 is 5.91 Å². The number of carbonyl (C=O) groups excluding carboxylic acids is 2.